The Hall–Kier alpha value is -5.06. The van der Waals surface area contributed by atoms with E-state index in [-0.39, 0.29) is 5.95 Å². The molecule has 1 amide bonds. The molecule has 6 rings (SSSR count). The molecule has 0 bridgehead atoms. The first-order valence-electron chi connectivity index (χ1n) is 11.9. The zero-order valence-electron chi connectivity index (χ0n) is 20.7. The lowest BCUT2D eigenvalue weighted by molar-refractivity contribution is 0.209. The summed E-state index contributed by atoms with van der Waals surface area (Å²) in [7, 11) is 3.21. The molecule has 0 spiro atoms. The molecule has 1 aliphatic heterocycles. The average molecular weight is 513 g/mol. The number of hydrogen-bond acceptors (Lipinski definition) is 8. The number of benzene rings is 3. The van der Waals surface area contributed by atoms with Crippen molar-refractivity contribution in [1.29, 1.82) is 0 Å². The number of aromatic nitrogens is 4. The molecule has 2 aromatic heterocycles. The van der Waals surface area contributed by atoms with E-state index in [1.165, 1.54) is 0 Å². The molecular weight excluding hydrogens is 488 g/mol. The second-order valence-corrected chi connectivity index (χ2v) is 8.76. The molecule has 11 heteroatoms. The van der Waals surface area contributed by atoms with Gasteiger partial charge < -0.3 is 29.2 Å². The molecule has 0 atom stereocenters. The number of nitrogens with zero attached hydrogens (tertiary/aromatic N) is 4. The van der Waals surface area contributed by atoms with Crippen LogP contribution < -0.4 is 24.4 Å². The predicted molar refractivity (Wildman–Crippen MR) is 142 cm³/mol. The molecule has 38 heavy (non-hydrogen) atoms. The molecule has 0 unspecified atom stereocenters. The van der Waals surface area contributed by atoms with E-state index < -0.39 is 6.09 Å². The molecule has 1 aliphatic rings. The van der Waals surface area contributed by atoms with Gasteiger partial charge in [0.05, 0.1) is 37.3 Å². The van der Waals surface area contributed by atoms with Gasteiger partial charge in [0.2, 0.25) is 5.95 Å². The van der Waals surface area contributed by atoms with Crippen LogP contribution >= 0.6 is 0 Å². The van der Waals surface area contributed by atoms with Crippen LogP contribution in [0.5, 0.6) is 17.2 Å². The number of nitrogens with one attached hydrogen (secondary N) is 2. The highest BCUT2D eigenvalue weighted by atomic mass is 16.5. The van der Waals surface area contributed by atoms with Gasteiger partial charge in [-0.1, -0.05) is 12.1 Å². The summed E-state index contributed by atoms with van der Waals surface area (Å²) in [6.07, 6.45) is 0.383. The van der Waals surface area contributed by atoms with Gasteiger partial charge >= 0.3 is 6.09 Å². The van der Waals surface area contributed by atoms with Crippen molar-refractivity contribution in [3.05, 3.63) is 60.4 Å². The summed E-state index contributed by atoms with van der Waals surface area (Å²) >= 11 is 0. The molecule has 5 aromatic rings. The first-order valence-corrected chi connectivity index (χ1v) is 11.9. The van der Waals surface area contributed by atoms with E-state index in [2.05, 4.69) is 36.2 Å². The van der Waals surface area contributed by atoms with Crippen molar-refractivity contribution in [3.8, 4) is 28.4 Å². The van der Waals surface area contributed by atoms with Crippen molar-refractivity contribution in [1.82, 2.24) is 19.9 Å². The van der Waals surface area contributed by atoms with Crippen LogP contribution in [0, 0.1) is 0 Å². The van der Waals surface area contributed by atoms with Gasteiger partial charge in [-0.25, -0.2) is 19.7 Å². The van der Waals surface area contributed by atoms with Gasteiger partial charge in [0, 0.05) is 23.6 Å². The first kappa shape index (κ1) is 23.3. The first-order chi connectivity index (χ1) is 18.5. The number of hydrogen-bond donors (Lipinski definition) is 3. The molecular formula is C27H24N6O5. The standard InChI is InChI=1S/C27H24N6O5/c1-36-23-11-18-20(12-24(23)37-2)28-14-29-25(18)33-7-8-38-22-6-4-15(9-17(22)13-33)16-3-5-19-21(10-16)31-26(30-19)32-27(34)35/h3-6,9-12,14H,7-8,13H2,1-2H3,(H,34,35)(H2,30,31,32). The maximum Gasteiger partial charge on any atom is 0.411 e. The van der Waals surface area contributed by atoms with Crippen molar-refractivity contribution >= 4 is 39.8 Å². The van der Waals surface area contributed by atoms with Gasteiger partial charge in [0.25, 0.3) is 0 Å². The smallest absolute Gasteiger partial charge is 0.411 e. The van der Waals surface area contributed by atoms with Crippen LogP contribution in [0.3, 0.4) is 0 Å². The fraction of sp³-hybridized carbons (Fsp3) is 0.185. The summed E-state index contributed by atoms with van der Waals surface area (Å²) in [5, 5.41) is 12.1. The SMILES string of the molecule is COc1cc2ncnc(N3CCOc4ccc(-c5ccc6nc(NC(=O)O)[nH]c6c5)cc4C3)c2cc1OC. The van der Waals surface area contributed by atoms with E-state index in [1.807, 2.05) is 42.5 Å². The predicted octanol–water partition coefficient (Wildman–Crippen LogP) is 4.68. The van der Waals surface area contributed by atoms with E-state index in [0.717, 1.165) is 44.7 Å². The molecule has 11 nitrogen and oxygen atoms in total. The number of rotatable bonds is 5. The molecule has 0 saturated heterocycles. The Morgan fingerprint density at radius 3 is 2.63 bits per heavy atom. The summed E-state index contributed by atoms with van der Waals surface area (Å²) < 4.78 is 17.0. The number of imidazole rings is 1. The highest BCUT2D eigenvalue weighted by Crippen LogP contribution is 2.37. The summed E-state index contributed by atoms with van der Waals surface area (Å²) in [4.78, 5) is 29.4. The molecule has 3 heterocycles. The van der Waals surface area contributed by atoms with E-state index >= 15 is 0 Å². The second-order valence-electron chi connectivity index (χ2n) is 8.76. The van der Waals surface area contributed by atoms with Crippen LogP contribution in [-0.4, -0.2) is 58.5 Å². The molecule has 0 fully saturated rings. The fourth-order valence-electron chi connectivity index (χ4n) is 4.73. The van der Waals surface area contributed by atoms with Gasteiger partial charge in [-0.3, -0.25) is 5.32 Å². The average Bonchev–Trinajstić information content (AvgIpc) is 3.19. The molecule has 0 aliphatic carbocycles. The molecule has 3 aromatic carbocycles. The zero-order valence-corrected chi connectivity index (χ0v) is 20.7. The third-order valence-corrected chi connectivity index (χ3v) is 6.50. The van der Waals surface area contributed by atoms with Crippen LogP contribution in [0.15, 0.2) is 54.9 Å². The normalized spacial score (nSPS) is 13.1. The van der Waals surface area contributed by atoms with Gasteiger partial charge in [0.1, 0.15) is 24.5 Å². The van der Waals surface area contributed by atoms with Crippen LogP contribution in [0.25, 0.3) is 33.1 Å². The van der Waals surface area contributed by atoms with E-state index in [4.69, 9.17) is 19.3 Å². The highest BCUT2D eigenvalue weighted by Gasteiger charge is 2.21. The Morgan fingerprint density at radius 1 is 1.03 bits per heavy atom. The minimum Gasteiger partial charge on any atom is -0.493 e. The topological polar surface area (TPSA) is 135 Å². The third kappa shape index (κ3) is 4.23. The van der Waals surface area contributed by atoms with E-state index in [0.29, 0.717) is 36.7 Å². The number of methoxy groups -OCH3 is 2. The number of fused-ring (bicyclic) bond motifs is 3. The number of carboxylic acid groups (broad SMARTS) is 1. The number of aromatic amines is 1. The molecule has 0 saturated carbocycles. The van der Waals surface area contributed by atoms with Crippen molar-refractivity contribution in [2.24, 2.45) is 0 Å². The lowest BCUT2D eigenvalue weighted by Crippen LogP contribution is -2.26. The lowest BCUT2D eigenvalue weighted by Gasteiger charge is -2.23. The molecule has 192 valence electrons. The monoisotopic (exact) mass is 512 g/mol. The van der Waals surface area contributed by atoms with Gasteiger partial charge in [0.15, 0.2) is 11.5 Å². The summed E-state index contributed by atoms with van der Waals surface area (Å²) in [5.74, 6) is 3.01. The fourth-order valence-corrected chi connectivity index (χ4v) is 4.73. The maximum atomic E-state index is 11.0. The Labute approximate surface area is 217 Å². The maximum absolute atomic E-state index is 11.0. The number of ether oxygens (including phenoxy) is 3. The Bertz CT molecular complexity index is 1680. The number of carbonyl (C=O) groups is 1. The van der Waals surface area contributed by atoms with E-state index in [9.17, 15) is 4.79 Å². The van der Waals surface area contributed by atoms with Crippen molar-refractivity contribution in [3.63, 3.8) is 0 Å². The second kappa shape index (κ2) is 9.43. The molecule has 0 radical (unpaired) electrons. The van der Waals surface area contributed by atoms with E-state index in [1.54, 1.807) is 20.5 Å². The van der Waals surface area contributed by atoms with Crippen LogP contribution in [-0.2, 0) is 6.54 Å². The quantitative estimate of drug-likeness (QED) is 0.307. The van der Waals surface area contributed by atoms with Crippen LogP contribution in [0.1, 0.15) is 5.56 Å². The largest absolute Gasteiger partial charge is 0.493 e. The van der Waals surface area contributed by atoms with Gasteiger partial charge in [-0.15, -0.1) is 0 Å². The minimum absolute atomic E-state index is 0.182. The Morgan fingerprint density at radius 2 is 1.82 bits per heavy atom. The number of anilines is 2. The Balaban J connectivity index is 1.35. The van der Waals surface area contributed by atoms with Crippen LogP contribution in [0.2, 0.25) is 0 Å². The minimum atomic E-state index is -1.17. The zero-order chi connectivity index (χ0) is 26.2. The van der Waals surface area contributed by atoms with Crippen molar-refractivity contribution < 1.29 is 24.1 Å². The number of amides is 1. The third-order valence-electron chi connectivity index (χ3n) is 6.50. The lowest BCUT2D eigenvalue weighted by atomic mass is 10.0. The summed E-state index contributed by atoms with van der Waals surface area (Å²) in [6.45, 7) is 1.73. The van der Waals surface area contributed by atoms with Crippen molar-refractivity contribution in [2.75, 3.05) is 37.6 Å². The van der Waals surface area contributed by atoms with Gasteiger partial charge in [-0.2, -0.15) is 0 Å². The highest BCUT2D eigenvalue weighted by molar-refractivity contribution is 5.92. The Kier molecular flexibility index (Phi) is 5.79. The van der Waals surface area contributed by atoms with Crippen molar-refractivity contribution in [2.45, 2.75) is 6.54 Å². The summed E-state index contributed by atoms with van der Waals surface area (Å²) in [5.41, 5.74) is 5.14. The van der Waals surface area contributed by atoms with Crippen LogP contribution in [0.4, 0.5) is 16.6 Å². The number of H-pyrrole nitrogens is 1. The molecule has 3 N–H and O–H groups in total. The summed E-state index contributed by atoms with van der Waals surface area (Å²) in [6, 6.07) is 15.6. The van der Waals surface area contributed by atoms with Gasteiger partial charge in [-0.05, 0) is 41.5 Å².